The molecular formula is C21H28N2O3S. The summed E-state index contributed by atoms with van der Waals surface area (Å²) in [6.45, 7) is 9.43. The van der Waals surface area contributed by atoms with E-state index in [0.717, 1.165) is 34.1 Å². The van der Waals surface area contributed by atoms with E-state index in [9.17, 15) is 13.2 Å². The molecule has 6 heteroatoms. The van der Waals surface area contributed by atoms with Crippen LogP contribution in [0.2, 0.25) is 0 Å². The van der Waals surface area contributed by atoms with Gasteiger partial charge in [0, 0.05) is 0 Å². The van der Waals surface area contributed by atoms with Crippen molar-refractivity contribution < 1.29 is 13.2 Å². The number of nitrogens with zero attached hydrogens (tertiary/aromatic N) is 1. The Morgan fingerprint density at radius 1 is 1.07 bits per heavy atom. The molecule has 1 amide bonds. The van der Waals surface area contributed by atoms with Gasteiger partial charge in [-0.3, -0.25) is 9.10 Å². The lowest BCUT2D eigenvalue weighted by molar-refractivity contribution is -0.120. The first-order chi connectivity index (χ1) is 12.5. The van der Waals surface area contributed by atoms with E-state index in [-0.39, 0.29) is 18.5 Å². The molecule has 0 saturated carbocycles. The van der Waals surface area contributed by atoms with E-state index in [1.807, 2.05) is 58.9 Å². The molecule has 146 valence electrons. The number of hydrogen-bond acceptors (Lipinski definition) is 3. The van der Waals surface area contributed by atoms with Crippen LogP contribution in [-0.4, -0.2) is 27.1 Å². The Bertz CT molecular complexity index is 952. The summed E-state index contributed by atoms with van der Waals surface area (Å²) < 4.78 is 25.8. The zero-order valence-corrected chi connectivity index (χ0v) is 17.6. The predicted octanol–water partition coefficient (Wildman–Crippen LogP) is 3.56. The second-order valence-corrected chi connectivity index (χ2v) is 9.04. The molecule has 27 heavy (non-hydrogen) atoms. The number of aryl methyl sites for hydroxylation is 3. The highest BCUT2D eigenvalue weighted by Gasteiger charge is 2.23. The Morgan fingerprint density at radius 3 is 2.37 bits per heavy atom. The number of sulfonamides is 1. The fraction of sp³-hybridized carbons (Fsp3) is 0.381. The van der Waals surface area contributed by atoms with Gasteiger partial charge < -0.3 is 5.32 Å². The summed E-state index contributed by atoms with van der Waals surface area (Å²) in [7, 11) is -3.60. The summed E-state index contributed by atoms with van der Waals surface area (Å²) in [5.41, 5.74) is 5.59. The van der Waals surface area contributed by atoms with Crippen molar-refractivity contribution >= 4 is 21.6 Å². The van der Waals surface area contributed by atoms with E-state index in [1.54, 1.807) is 12.1 Å². The van der Waals surface area contributed by atoms with Gasteiger partial charge in [-0.05, 0) is 62.9 Å². The minimum absolute atomic E-state index is 0.211. The molecule has 0 aliphatic carbocycles. The molecule has 0 aliphatic rings. The van der Waals surface area contributed by atoms with Gasteiger partial charge in [0.2, 0.25) is 15.9 Å². The van der Waals surface area contributed by atoms with Gasteiger partial charge in [0.1, 0.15) is 6.54 Å². The molecular weight excluding hydrogens is 360 g/mol. The van der Waals surface area contributed by atoms with Crippen LogP contribution in [0.3, 0.4) is 0 Å². The van der Waals surface area contributed by atoms with Crippen LogP contribution in [0.1, 0.15) is 40.8 Å². The van der Waals surface area contributed by atoms with Crippen molar-refractivity contribution in [3.05, 3.63) is 64.2 Å². The smallest absolute Gasteiger partial charge is 0.241 e. The quantitative estimate of drug-likeness (QED) is 0.823. The van der Waals surface area contributed by atoms with Crippen molar-refractivity contribution in [3.63, 3.8) is 0 Å². The number of benzene rings is 2. The lowest BCUT2D eigenvalue weighted by atomic mass is 10.00. The highest BCUT2D eigenvalue weighted by Crippen LogP contribution is 2.25. The maximum Gasteiger partial charge on any atom is 0.241 e. The normalized spacial score (nSPS) is 12.5. The molecule has 1 N–H and O–H groups in total. The zero-order chi connectivity index (χ0) is 20.4. The Kier molecular flexibility index (Phi) is 6.31. The predicted molar refractivity (Wildman–Crippen MR) is 111 cm³/mol. The van der Waals surface area contributed by atoms with E-state index >= 15 is 0 Å². The van der Waals surface area contributed by atoms with Gasteiger partial charge in [-0.2, -0.15) is 0 Å². The van der Waals surface area contributed by atoms with Crippen molar-refractivity contribution in [2.24, 2.45) is 0 Å². The molecule has 0 saturated heterocycles. The largest absolute Gasteiger partial charge is 0.348 e. The Balaban J connectivity index is 2.24. The molecule has 2 rings (SSSR count). The van der Waals surface area contributed by atoms with Crippen LogP contribution >= 0.6 is 0 Å². The van der Waals surface area contributed by atoms with Crippen molar-refractivity contribution in [1.29, 1.82) is 0 Å². The molecule has 0 aliphatic heterocycles. The fourth-order valence-corrected chi connectivity index (χ4v) is 4.02. The first-order valence-electron chi connectivity index (χ1n) is 8.91. The van der Waals surface area contributed by atoms with Gasteiger partial charge in [-0.25, -0.2) is 8.42 Å². The third-order valence-electron chi connectivity index (χ3n) is 4.81. The summed E-state index contributed by atoms with van der Waals surface area (Å²) in [6, 6.07) is 11.3. The standard InChI is InChI=1S/C21H28N2O3S/c1-14-10-11-16(3)19(12-14)18(5)22-21(24)13-23(27(6,25)26)20-9-7-8-15(2)17(20)4/h7-12,18H,13H2,1-6H3,(H,22,24)/t18-/m0/s1. The molecule has 0 aromatic heterocycles. The van der Waals surface area contributed by atoms with Crippen molar-refractivity contribution in [2.75, 3.05) is 17.1 Å². The van der Waals surface area contributed by atoms with E-state index in [1.165, 1.54) is 4.31 Å². The maximum atomic E-state index is 12.6. The molecule has 2 aromatic rings. The molecule has 1 atom stereocenters. The van der Waals surface area contributed by atoms with E-state index in [2.05, 4.69) is 5.32 Å². The molecule has 0 bridgehead atoms. The number of hydrogen-bond donors (Lipinski definition) is 1. The number of nitrogens with one attached hydrogen (secondary N) is 1. The van der Waals surface area contributed by atoms with Crippen LogP contribution in [0.15, 0.2) is 36.4 Å². The molecule has 0 radical (unpaired) electrons. The Labute approximate surface area is 162 Å². The number of carbonyl (C=O) groups is 1. The van der Waals surface area contributed by atoms with Crippen LogP contribution in [0.4, 0.5) is 5.69 Å². The topological polar surface area (TPSA) is 66.5 Å². The molecule has 5 nitrogen and oxygen atoms in total. The summed E-state index contributed by atoms with van der Waals surface area (Å²) in [5.74, 6) is -0.338. The van der Waals surface area contributed by atoms with Crippen LogP contribution in [0.25, 0.3) is 0 Å². The first kappa shape index (κ1) is 21.0. The lowest BCUT2D eigenvalue weighted by Crippen LogP contribution is -2.41. The summed E-state index contributed by atoms with van der Waals surface area (Å²) in [6.07, 6.45) is 1.12. The van der Waals surface area contributed by atoms with Gasteiger partial charge in [0.15, 0.2) is 0 Å². The van der Waals surface area contributed by atoms with E-state index < -0.39 is 10.0 Å². The van der Waals surface area contributed by atoms with Gasteiger partial charge in [0.05, 0.1) is 18.0 Å². The number of anilines is 1. The minimum Gasteiger partial charge on any atom is -0.348 e. The molecule has 0 fully saturated rings. The number of carbonyl (C=O) groups excluding carboxylic acids is 1. The molecule has 0 heterocycles. The third kappa shape index (κ3) is 5.10. The number of amides is 1. The highest BCUT2D eigenvalue weighted by atomic mass is 32.2. The summed E-state index contributed by atoms with van der Waals surface area (Å²) in [5, 5.41) is 2.93. The van der Waals surface area contributed by atoms with Crippen molar-refractivity contribution in [3.8, 4) is 0 Å². The van der Waals surface area contributed by atoms with Crippen LogP contribution in [0.5, 0.6) is 0 Å². The van der Waals surface area contributed by atoms with Crippen LogP contribution < -0.4 is 9.62 Å². The average Bonchev–Trinajstić information content (AvgIpc) is 2.56. The molecule has 2 aromatic carbocycles. The van der Waals surface area contributed by atoms with Crippen molar-refractivity contribution in [2.45, 2.75) is 40.7 Å². The van der Waals surface area contributed by atoms with Gasteiger partial charge >= 0.3 is 0 Å². The minimum atomic E-state index is -3.60. The first-order valence-corrected chi connectivity index (χ1v) is 10.8. The average molecular weight is 389 g/mol. The monoisotopic (exact) mass is 388 g/mol. The third-order valence-corrected chi connectivity index (χ3v) is 5.94. The second kappa shape index (κ2) is 8.13. The van der Waals surface area contributed by atoms with Crippen molar-refractivity contribution in [1.82, 2.24) is 5.32 Å². The van der Waals surface area contributed by atoms with E-state index in [4.69, 9.17) is 0 Å². The van der Waals surface area contributed by atoms with Gasteiger partial charge in [0.25, 0.3) is 0 Å². The van der Waals surface area contributed by atoms with Gasteiger partial charge in [-0.15, -0.1) is 0 Å². The van der Waals surface area contributed by atoms with Crippen LogP contribution in [-0.2, 0) is 14.8 Å². The maximum absolute atomic E-state index is 12.6. The second-order valence-electron chi connectivity index (χ2n) is 7.14. The zero-order valence-electron chi connectivity index (χ0n) is 16.8. The SMILES string of the molecule is Cc1ccc(C)c([C@H](C)NC(=O)CN(c2cccc(C)c2C)S(C)(=O)=O)c1. The Hall–Kier alpha value is -2.34. The molecule has 0 spiro atoms. The summed E-state index contributed by atoms with van der Waals surface area (Å²) in [4.78, 5) is 12.6. The van der Waals surface area contributed by atoms with Gasteiger partial charge in [-0.1, -0.05) is 35.9 Å². The Morgan fingerprint density at radius 2 is 1.74 bits per heavy atom. The molecule has 0 unspecified atom stereocenters. The lowest BCUT2D eigenvalue weighted by Gasteiger charge is -2.25. The number of rotatable bonds is 6. The van der Waals surface area contributed by atoms with Crippen LogP contribution in [0, 0.1) is 27.7 Å². The van der Waals surface area contributed by atoms with E-state index in [0.29, 0.717) is 5.69 Å². The summed E-state index contributed by atoms with van der Waals surface area (Å²) >= 11 is 0. The highest BCUT2D eigenvalue weighted by molar-refractivity contribution is 7.92. The fourth-order valence-electron chi connectivity index (χ4n) is 3.11.